The molecule has 0 aromatic carbocycles. The number of amides is 1. The monoisotopic (exact) mass is 398 g/mol. The van der Waals surface area contributed by atoms with Crippen LogP contribution in [-0.4, -0.2) is 60.6 Å². The molecule has 1 amide bonds. The highest BCUT2D eigenvalue weighted by Crippen LogP contribution is 2.55. The molecule has 0 saturated carbocycles. The first kappa shape index (κ1) is 15.6. The van der Waals surface area contributed by atoms with Gasteiger partial charge in [-0.2, -0.15) is 0 Å². The van der Waals surface area contributed by atoms with E-state index in [1.165, 1.54) is 7.11 Å². The van der Waals surface area contributed by atoms with Crippen LogP contribution in [0.2, 0.25) is 0 Å². The lowest BCUT2D eigenvalue weighted by molar-refractivity contribution is -0.137. The van der Waals surface area contributed by atoms with Crippen LogP contribution in [0.15, 0.2) is 21.4 Å². The average molecular weight is 399 g/mol. The first-order chi connectivity index (χ1) is 11.3. The summed E-state index contributed by atoms with van der Waals surface area (Å²) in [5, 5.41) is 3.27. The summed E-state index contributed by atoms with van der Waals surface area (Å²) in [6, 6.07) is 0.0789. The molecular formula is C14H15BrN4O5. The van der Waals surface area contributed by atoms with E-state index in [0.717, 1.165) is 0 Å². The predicted octanol–water partition coefficient (Wildman–Crippen LogP) is -1.32. The molecule has 1 aliphatic carbocycles. The van der Waals surface area contributed by atoms with Crippen molar-refractivity contribution in [2.45, 2.75) is 17.8 Å². The molecule has 4 aliphatic rings. The van der Waals surface area contributed by atoms with Crippen molar-refractivity contribution in [1.29, 1.82) is 0 Å². The smallest absolute Gasteiger partial charge is 0.404 e. The number of primary amides is 1. The number of Topliss-reactive ketones (excluding diaryl/α,β-unsaturated/α-hetero) is 2. The van der Waals surface area contributed by atoms with Crippen molar-refractivity contribution in [3.63, 3.8) is 0 Å². The van der Waals surface area contributed by atoms with E-state index in [1.54, 1.807) is 4.90 Å². The van der Waals surface area contributed by atoms with Gasteiger partial charge in [0.25, 0.3) is 0 Å². The van der Waals surface area contributed by atoms with Crippen LogP contribution >= 0.6 is 15.9 Å². The number of ether oxygens (including phenoxy) is 2. The number of hydrogen-bond donors (Lipinski definition) is 3. The number of methoxy groups -OCH3 is 1. The Morgan fingerprint density at radius 2 is 2.17 bits per heavy atom. The van der Waals surface area contributed by atoms with Gasteiger partial charge in [0.05, 0.1) is 27.8 Å². The van der Waals surface area contributed by atoms with E-state index in [9.17, 15) is 14.4 Å². The molecule has 5 N–H and O–H groups in total. The fourth-order valence-electron chi connectivity index (χ4n) is 4.17. The highest BCUT2D eigenvalue weighted by atomic mass is 79.9. The van der Waals surface area contributed by atoms with E-state index in [4.69, 9.17) is 20.9 Å². The number of nitrogens with two attached hydrogens (primary N) is 2. The molecule has 0 aromatic heterocycles. The Hall–Kier alpha value is -1.91. The third-order valence-corrected chi connectivity index (χ3v) is 5.95. The zero-order valence-corrected chi connectivity index (χ0v) is 14.3. The van der Waals surface area contributed by atoms with Crippen LogP contribution in [0.5, 0.6) is 0 Å². The molecule has 0 radical (unpaired) electrons. The molecule has 4 rings (SSSR count). The minimum atomic E-state index is -0.978. The topological polar surface area (TPSA) is 147 Å². The Morgan fingerprint density at radius 3 is 2.79 bits per heavy atom. The molecule has 0 unspecified atom stereocenters. The number of allylic oxidation sites excluding steroid dienone is 2. The number of nitrogens with one attached hydrogen (secondary N) is 1. The van der Waals surface area contributed by atoms with Gasteiger partial charge < -0.3 is 31.2 Å². The molecule has 2 saturated heterocycles. The lowest BCUT2D eigenvalue weighted by Gasteiger charge is -2.39. The summed E-state index contributed by atoms with van der Waals surface area (Å²) in [6.45, 7) is 0.344. The van der Waals surface area contributed by atoms with Crippen molar-refractivity contribution in [1.82, 2.24) is 10.2 Å². The van der Waals surface area contributed by atoms with E-state index >= 15 is 0 Å². The number of carbonyl (C=O) groups is 3. The Bertz CT molecular complexity index is 762. The maximum atomic E-state index is 12.7. The summed E-state index contributed by atoms with van der Waals surface area (Å²) in [4.78, 5) is 38.3. The average Bonchev–Trinajstić information content (AvgIpc) is 3.16. The summed E-state index contributed by atoms with van der Waals surface area (Å²) in [5.74, 6) is -1.49. The van der Waals surface area contributed by atoms with Crippen molar-refractivity contribution >= 4 is 33.6 Å². The third-order valence-electron chi connectivity index (χ3n) is 5.17. The number of piperazine rings is 1. The van der Waals surface area contributed by atoms with E-state index in [0.29, 0.717) is 6.54 Å². The van der Waals surface area contributed by atoms with E-state index in [1.807, 2.05) is 0 Å². The van der Waals surface area contributed by atoms with Crippen LogP contribution in [-0.2, 0) is 19.1 Å². The van der Waals surface area contributed by atoms with Gasteiger partial charge in [-0.3, -0.25) is 9.59 Å². The molecule has 10 heteroatoms. The van der Waals surface area contributed by atoms with Gasteiger partial charge in [0, 0.05) is 25.3 Å². The fourth-order valence-corrected chi connectivity index (χ4v) is 4.53. The summed E-state index contributed by atoms with van der Waals surface area (Å²) >= 11 is 3.10. The summed E-state index contributed by atoms with van der Waals surface area (Å²) in [6.07, 6.45) is -0.959. The van der Waals surface area contributed by atoms with E-state index in [-0.39, 0.29) is 45.9 Å². The lowest BCUT2D eigenvalue weighted by Crippen LogP contribution is -2.55. The molecule has 3 heterocycles. The van der Waals surface area contributed by atoms with Gasteiger partial charge >= 0.3 is 6.09 Å². The molecule has 0 aromatic rings. The van der Waals surface area contributed by atoms with Crippen molar-refractivity contribution in [2.24, 2.45) is 17.4 Å². The Morgan fingerprint density at radius 1 is 1.46 bits per heavy atom. The largest absolute Gasteiger partial charge is 0.449 e. The maximum Gasteiger partial charge on any atom is 0.404 e. The van der Waals surface area contributed by atoms with Crippen molar-refractivity contribution < 1.29 is 23.9 Å². The van der Waals surface area contributed by atoms with Crippen LogP contribution in [0, 0.1) is 5.92 Å². The van der Waals surface area contributed by atoms with Crippen molar-refractivity contribution in [2.75, 3.05) is 20.3 Å². The van der Waals surface area contributed by atoms with Gasteiger partial charge in [-0.05, 0) is 15.9 Å². The van der Waals surface area contributed by atoms with Gasteiger partial charge in [0.1, 0.15) is 6.61 Å². The van der Waals surface area contributed by atoms with Crippen LogP contribution in [0.1, 0.15) is 0 Å². The van der Waals surface area contributed by atoms with Crippen LogP contribution < -0.4 is 16.8 Å². The minimum Gasteiger partial charge on any atom is -0.449 e. The lowest BCUT2D eigenvalue weighted by atomic mass is 9.84. The van der Waals surface area contributed by atoms with Crippen LogP contribution in [0.3, 0.4) is 0 Å². The van der Waals surface area contributed by atoms with Gasteiger partial charge in [0.2, 0.25) is 11.6 Å². The Labute approximate surface area is 145 Å². The van der Waals surface area contributed by atoms with E-state index < -0.39 is 23.5 Å². The summed E-state index contributed by atoms with van der Waals surface area (Å²) in [7, 11) is 1.51. The molecule has 0 bridgehead atoms. The maximum absolute atomic E-state index is 12.7. The normalized spacial score (nSPS) is 36.8. The Kier molecular flexibility index (Phi) is 3.12. The molecule has 0 spiro atoms. The van der Waals surface area contributed by atoms with Crippen molar-refractivity contribution in [3.05, 3.63) is 21.4 Å². The number of rotatable bonds is 3. The number of nitrogens with zero attached hydrogens (tertiary/aromatic N) is 1. The molecule has 24 heavy (non-hydrogen) atoms. The predicted molar refractivity (Wildman–Crippen MR) is 83.4 cm³/mol. The van der Waals surface area contributed by atoms with Crippen LogP contribution in [0.4, 0.5) is 4.79 Å². The van der Waals surface area contributed by atoms with Gasteiger partial charge in [-0.25, -0.2) is 4.79 Å². The second kappa shape index (κ2) is 4.80. The first-order valence-corrected chi connectivity index (χ1v) is 8.13. The second-order valence-corrected chi connectivity index (χ2v) is 6.94. The van der Waals surface area contributed by atoms with Gasteiger partial charge in [-0.15, -0.1) is 0 Å². The second-order valence-electron chi connectivity index (χ2n) is 6.15. The third kappa shape index (κ3) is 1.68. The summed E-state index contributed by atoms with van der Waals surface area (Å²) < 4.78 is 10.8. The van der Waals surface area contributed by atoms with Gasteiger partial charge in [-0.1, -0.05) is 0 Å². The molecule has 3 aliphatic heterocycles. The fraction of sp³-hybridized carbons (Fsp3) is 0.500. The molecule has 9 nitrogen and oxygen atoms in total. The number of fused-ring (bicyclic) bond motifs is 4. The molecule has 2 fully saturated rings. The quantitative estimate of drug-likeness (QED) is 0.391. The highest BCUT2D eigenvalue weighted by molar-refractivity contribution is 9.12. The Balaban J connectivity index is 1.85. The first-order valence-electron chi connectivity index (χ1n) is 7.34. The zero-order valence-electron chi connectivity index (χ0n) is 12.7. The zero-order chi connectivity index (χ0) is 17.4. The van der Waals surface area contributed by atoms with Crippen LogP contribution in [0.25, 0.3) is 0 Å². The number of halogens is 1. The molecular weight excluding hydrogens is 384 g/mol. The number of hydrogen-bond acceptors (Lipinski definition) is 8. The standard InChI is InChI=1S/C14H15BrN4O5/c1-23-14-4(3-24-13(17)22)6-9(19(14)2-5-12(14)18-5)11(21)7(15)8(16)10(6)20/h4-5,12,18H,2-3,16H2,1H3,(H2,17,22)/t4-,5+,12+,14-/m1/s1. The SMILES string of the molecule is CO[C@@]12[C@H](COC(N)=O)C3=C(C(=O)C(Br)=C(N)C3=O)N1C[C@@H]1N[C@@H]12. The molecule has 4 atom stereocenters. The number of carbonyl (C=O) groups excluding carboxylic acids is 3. The van der Waals surface area contributed by atoms with Gasteiger partial charge in [0.15, 0.2) is 5.72 Å². The molecule has 128 valence electrons. The van der Waals surface area contributed by atoms with E-state index in [2.05, 4.69) is 21.2 Å². The number of ketones is 2. The minimum absolute atomic E-state index is 0.0428. The van der Waals surface area contributed by atoms with Crippen molar-refractivity contribution in [3.8, 4) is 0 Å². The highest BCUT2D eigenvalue weighted by Gasteiger charge is 2.72. The summed E-state index contributed by atoms with van der Waals surface area (Å²) in [5.41, 5.74) is 10.2.